The van der Waals surface area contributed by atoms with Gasteiger partial charge in [0, 0.05) is 13.1 Å². The number of benzene rings is 1. The van der Waals surface area contributed by atoms with Gasteiger partial charge in [0.2, 0.25) is 0 Å². The van der Waals surface area contributed by atoms with E-state index in [2.05, 4.69) is 16.6 Å². The third-order valence-corrected chi connectivity index (χ3v) is 3.57. The second-order valence-electron chi connectivity index (χ2n) is 4.93. The predicted octanol–water partition coefficient (Wildman–Crippen LogP) is 2.29. The molecular weight excluding hydrogens is 228 g/mol. The summed E-state index contributed by atoms with van der Waals surface area (Å²) in [5.74, 6) is 0.442. The maximum atomic E-state index is 11.4. The highest BCUT2D eigenvalue weighted by Crippen LogP contribution is 2.28. The molecule has 4 nitrogen and oxygen atoms in total. The largest absolute Gasteiger partial charge is 0.465 e. The normalized spacial score (nSPS) is 16.7. The molecule has 1 heterocycles. The van der Waals surface area contributed by atoms with Crippen LogP contribution in [0.2, 0.25) is 0 Å². The Morgan fingerprint density at radius 3 is 2.61 bits per heavy atom. The van der Waals surface area contributed by atoms with Crippen LogP contribution in [0.25, 0.3) is 0 Å². The molecule has 98 valence electrons. The van der Waals surface area contributed by atoms with Gasteiger partial charge in [-0.2, -0.15) is 0 Å². The first-order valence-corrected chi connectivity index (χ1v) is 6.34. The molecule has 0 aromatic heterocycles. The predicted molar refractivity (Wildman–Crippen MR) is 72.8 cm³/mol. The van der Waals surface area contributed by atoms with Crippen LogP contribution in [0.15, 0.2) is 18.2 Å². The number of carbonyl (C=O) groups is 1. The Balaban J connectivity index is 2.17. The average Bonchev–Trinajstić information content (AvgIpc) is 2.39. The Hall–Kier alpha value is -1.71. The van der Waals surface area contributed by atoms with Crippen molar-refractivity contribution in [3.05, 3.63) is 23.8 Å². The van der Waals surface area contributed by atoms with E-state index in [1.807, 2.05) is 6.07 Å². The average molecular weight is 248 g/mol. The van der Waals surface area contributed by atoms with E-state index >= 15 is 0 Å². The number of methoxy groups -OCH3 is 1. The number of esters is 1. The molecule has 0 saturated carbocycles. The zero-order valence-corrected chi connectivity index (χ0v) is 11.0. The van der Waals surface area contributed by atoms with Crippen LogP contribution in [0, 0.1) is 5.92 Å². The van der Waals surface area contributed by atoms with Crippen molar-refractivity contribution in [1.29, 1.82) is 0 Å². The fourth-order valence-electron chi connectivity index (χ4n) is 2.34. The summed E-state index contributed by atoms with van der Waals surface area (Å²) >= 11 is 0. The van der Waals surface area contributed by atoms with E-state index in [9.17, 15) is 4.79 Å². The molecule has 18 heavy (non-hydrogen) atoms. The van der Waals surface area contributed by atoms with Gasteiger partial charge in [-0.05, 0) is 37.0 Å². The van der Waals surface area contributed by atoms with E-state index in [1.54, 1.807) is 12.1 Å². The van der Waals surface area contributed by atoms with Crippen molar-refractivity contribution in [2.45, 2.75) is 19.8 Å². The van der Waals surface area contributed by atoms with Crippen LogP contribution < -0.4 is 10.6 Å². The lowest BCUT2D eigenvalue weighted by atomic mass is 9.98. The Labute approximate surface area is 108 Å². The van der Waals surface area contributed by atoms with Crippen LogP contribution in [0.3, 0.4) is 0 Å². The number of hydrogen-bond acceptors (Lipinski definition) is 4. The second kappa shape index (κ2) is 5.29. The Morgan fingerprint density at radius 2 is 2.06 bits per heavy atom. The lowest BCUT2D eigenvalue weighted by molar-refractivity contribution is 0.0601. The number of ether oxygens (including phenoxy) is 1. The molecular formula is C14H20N2O2. The number of piperidine rings is 1. The van der Waals surface area contributed by atoms with Gasteiger partial charge in [0.05, 0.1) is 24.0 Å². The molecule has 0 amide bonds. The molecule has 1 aromatic carbocycles. The summed E-state index contributed by atoms with van der Waals surface area (Å²) in [6.45, 7) is 4.34. The molecule has 0 radical (unpaired) electrons. The Bertz CT molecular complexity index is 437. The summed E-state index contributed by atoms with van der Waals surface area (Å²) in [5.41, 5.74) is 8.20. The number of hydrogen-bond donors (Lipinski definition) is 1. The molecule has 1 aliphatic rings. The first-order chi connectivity index (χ1) is 8.61. The van der Waals surface area contributed by atoms with Crippen molar-refractivity contribution in [1.82, 2.24) is 0 Å². The number of nitrogens with zero attached hydrogens (tertiary/aromatic N) is 1. The van der Waals surface area contributed by atoms with Crippen molar-refractivity contribution in [2.75, 3.05) is 30.8 Å². The van der Waals surface area contributed by atoms with Crippen molar-refractivity contribution in [3.8, 4) is 0 Å². The van der Waals surface area contributed by atoms with Gasteiger partial charge in [0.15, 0.2) is 0 Å². The summed E-state index contributed by atoms with van der Waals surface area (Å²) in [7, 11) is 1.37. The number of carbonyl (C=O) groups excluding carboxylic acids is 1. The Kier molecular flexibility index (Phi) is 3.75. The van der Waals surface area contributed by atoms with E-state index in [0.29, 0.717) is 11.3 Å². The summed E-state index contributed by atoms with van der Waals surface area (Å²) < 4.78 is 4.68. The Morgan fingerprint density at radius 1 is 1.39 bits per heavy atom. The maximum absolute atomic E-state index is 11.4. The van der Waals surface area contributed by atoms with Crippen LogP contribution in [-0.4, -0.2) is 26.2 Å². The minimum Gasteiger partial charge on any atom is -0.465 e. The van der Waals surface area contributed by atoms with Crippen LogP contribution in [0.5, 0.6) is 0 Å². The van der Waals surface area contributed by atoms with Gasteiger partial charge in [-0.25, -0.2) is 4.79 Å². The number of anilines is 2. The lowest BCUT2D eigenvalue weighted by Gasteiger charge is -2.33. The molecule has 0 unspecified atom stereocenters. The van der Waals surface area contributed by atoms with Gasteiger partial charge in [-0.3, -0.25) is 0 Å². The van der Waals surface area contributed by atoms with Crippen molar-refractivity contribution in [3.63, 3.8) is 0 Å². The third kappa shape index (κ3) is 2.58. The first kappa shape index (κ1) is 12.7. The summed E-state index contributed by atoms with van der Waals surface area (Å²) in [6, 6.07) is 5.38. The molecule has 2 N–H and O–H groups in total. The van der Waals surface area contributed by atoms with E-state index in [1.165, 1.54) is 20.0 Å². The molecule has 2 rings (SSSR count). The summed E-state index contributed by atoms with van der Waals surface area (Å²) in [6.07, 6.45) is 2.39. The first-order valence-electron chi connectivity index (χ1n) is 6.34. The highest BCUT2D eigenvalue weighted by molar-refractivity contribution is 5.91. The number of rotatable bonds is 2. The molecule has 1 saturated heterocycles. The van der Waals surface area contributed by atoms with E-state index in [0.717, 1.165) is 24.7 Å². The minimum absolute atomic E-state index is 0.347. The maximum Gasteiger partial charge on any atom is 0.337 e. The van der Waals surface area contributed by atoms with Crippen LogP contribution in [0.4, 0.5) is 11.4 Å². The summed E-state index contributed by atoms with van der Waals surface area (Å²) in [4.78, 5) is 13.7. The molecule has 4 heteroatoms. The SMILES string of the molecule is COC(=O)c1ccc(N2CCC(C)CC2)c(N)c1. The monoisotopic (exact) mass is 248 g/mol. The van der Waals surface area contributed by atoms with Gasteiger partial charge in [-0.1, -0.05) is 6.92 Å². The van der Waals surface area contributed by atoms with E-state index in [-0.39, 0.29) is 5.97 Å². The standard InChI is InChI=1S/C14H20N2O2/c1-10-5-7-16(8-6-10)13-4-3-11(9-12(13)15)14(17)18-2/h3-4,9-10H,5-8,15H2,1-2H3. The van der Waals surface area contributed by atoms with E-state index in [4.69, 9.17) is 5.73 Å². The van der Waals surface area contributed by atoms with Crippen LogP contribution in [-0.2, 0) is 4.74 Å². The van der Waals surface area contributed by atoms with Gasteiger partial charge in [0.25, 0.3) is 0 Å². The fourth-order valence-corrected chi connectivity index (χ4v) is 2.34. The highest BCUT2D eigenvalue weighted by atomic mass is 16.5. The molecule has 0 bridgehead atoms. The lowest BCUT2D eigenvalue weighted by Crippen LogP contribution is -2.33. The zero-order valence-electron chi connectivity index (χ0n) is 11.0. The smallest absolute Gasteiger partial charge is 0.337 e. The molecule has 1 aliphatic heterocycles. The van der Waals surface area contributed by atoms with Crippen LogP contribution in [0.1, 0.15) is 30.1 Å². The van der Waals surface area contributed by atoms with Crippen molar-refractivity contribution < 1.29 is 9.53 Å². The fraction of sp³-hybridized carbons (Fsp3) is 0.500. The van der Waals surface area contributed by atoms with Gasteiger partial charge >= 0.3 is 5.97 Å². The number of nitrogens with two attached hydrogens (primary N) is 1. The van der Waals surface area contributed by atoms with Gasteiger partial charge < -0.3 is 15.4 Å². The molecule has 1 fully saturated rings. The van der Waals surface area contributed by atoms with E-state index < -0.39 is 0 Å². The van der Waals surface area contributed by atoms with Gasteiger partial charge in [0.1, 0.15) is 0 Å². The molecule has 0 atom stereocenters. The van der Waals surface area contributed by atoms with Gasteiger partial charge in [-0.15, -0.1) is 0 Å². The molecule has 0 spiro atoms. The summed E-state index contributed by atoms with van der Waals surface area (Å²) in [5, 5.41) is 0. The zero-order chi connectivity index (χ0) is 13.1. The molecule has 1 aromatic rings. The minimum atomic E-state index is -0.347. The second-order valence-corrected chi connectivity index (χ2v) is 4.93. The van der Waals surface area contributed by atoms with Crippen LogP contribution >= 0.6 is 0 Å². The topological polar surface area (TPSA) is 55.6 Å². The van der Waals surface area contributed by atoms with Crippen molar-refractivity contribution >= 4 is 17.3 Å². The quantitative estimate of drug-likeness (QED) is 0.644. The highest BCUT2D eigenvalue weighted by Gasteiger charge is 2.18. The van der Waals surface area contributed by atoms with Crippen molar-refractivity contribution in [2.24, 2.45) is 5.92 Å². The third-order valence-electron chi connectivity index (χ3n) is 3.57. The number of nitrogen functional groups attached to an aromatic ring is 1. The molecule has 0 aliphatic carbocycles.